The van der Waals surface area contributed by atoms with E-state index in [-0.39, 0.29) is 94.8 Å². The molecule has 16 heteroatoms. The van der Waals surface area contributed by atoms with E-state index in [4.69, 9.17) is 0 Å². The Balaban J connectivity index is 0.574. The lowest BCUT2D eigenvalue weighted by molar-refractivity contribution is 0.0873. The molecule has 8 amide bonds. The second-order valence-electron chi connectivity index (χ2n) is 28.9. The number of imide groups is 4. The van der Waals surface area contributed by atoms with Crippen molar-refractivity contribution in [3.05, 3.63) is 373 Å². The summed E-state index contributed by atoms with van der Waals surface area (Å²) in [5.41, 5.74) is 12.6. The molecule has 0 bridgehead atoms. The molecule has 526 valence electrons. The summed E-state index contributed by atoms with van der Waals surface area (Å²) < 4.78 is 37.5. The largest absolute Gasteiger partial charge is 0.295 e. The van der Waals surface area contributed by atoms with Crippen molar-refractivity contribution < 1.29 is 51.3 Å². The van der Waals surface area contributed by atoms with E-state index in [1.54, 1.807) is 49.4 Å². The van der Waals surface area contributed by atoms with Gasteiger partial charge >= 0.3 is 0 Å². The second-order valence-corrected chi connectivity index (χ2v) is 30.2. The van der Waals surface area contributed by atoms with Gasteiger partial charge in [0.2, 0.25) is 0 Å². The van der Waals surface area contributed by atoms with Gasteiger partial charge in [0.25, 0.3) is 57.4 Å². The molecule has 2 unspecified atom stereocenters. The molecule has 0 radical (unpaired) electrons. The summed E-state index contributed by atoms with van der Waals surface area (Å²) in [4.78, 5) is 124. The van der Waals surface area contributed by atoms with Gasteiger partial charge in [0.1, 0.15) is 4.90 Å². The Labute approximate surface area is 632 Å². The number of anilines is 4. The maximum absolute atomic E-state index is 15.6. The molecule has 4 aliphatic heterocycles. The molecule has 15 nitrogen and oxygen atoms in total. The molecule has 111 heavy (non-hydrogen) atoms. The van der Waals surface area contributed by atoms with E-state index in [9.17, 15) is 32.1 Å². The van der Waals surface area contributed by atoms with Gasteiger partial charge in [0.15, 0.2) is 0 Å². The fourth-order valence-corrected chi connectivity index (χ4v) is 18.7. The minimum atomic E-state index is -5.07. The van der Waals surface area contributed by atoms with E-state index in [0.717, 1.165) is 103 Å². The number of amides is 8. The number of benzene rings is 15. The van der Waals surface area contributed by atoms with Gasteiger partial charge in [-0.05, 0) is 209 Å². The Morgan fingerprint density at radius 3 is 1.15 bits per heavy atom. The average molecular weight is 1460 g/mol. The maximum Gasteiger partial charge on any atom is 0.295 e. The van der Waals surface area contributed by atoms with Crippen molar-refractivity contribution in [2.75, 3.05) is 19.6 Å². The minimum Gasteiger partial charge on any atom is -0.282 e. The smallest absolute Gasteiger partial charge is 0.282 e. The highest BCUT2D eigenvalue weighted by Crippen LogP contribution is 2.53. The standard InChI is InChI=1S/C95H54N4O11S/c1-50-43-62(31-27-51(50)23-24-54-28-32-63(49-79(54)111(108,109)110)97-90(102)70-38-40-74-87-75(41-39-71(85(70)87)91(97)103)95(107)99(94(74)106)78-42-30-57-26-25-55-19-12-20-56-29-33-67(78)83(57)80(55)56)96-88(100)68-34-36-72-86-73(37-35-69(84(68)86)89(96)101)93(105)98(92(72)104)64-45-60(81-65-21-10-8-17-58(65)47-76(81)52-13-4-2-5-14-52)44-61(46-64)82-66-22-11-9-18-59(66)48-77(82)53-15-6-3-7-16-53/h2-49,81-82H,1H3,(H,108,109,110)/b24-23+. The molecule has 0 aromatic heterocycles. The summed E-state index contributed by atoms with van der Waals surface area (Å²) in [7, 11) is -5.07. The molecule has 0 spiro atoms. The van der Waals surface area contributed by atoms with Gasteiger partial charge in [-0.15, -0.1) is 0 Å². The molecule has 0 fully saturated rings. The molecule has 0 saturated carbocycles. The third-order valence-corrected chi connectivity index (χ3v) is 23.9. The van der Waals surface area contributed by atoms with Gasteiger partial charge < -0.3 is 0 Å². The number of hydrogen-bond donors (Lipinski definition) is 1. The van der Waals surface area contributed by atoms with Crippen molar-refractivity contribution in [2.45, 2.75) is 23.7 Å². The van der Waals surface area contributed by atoms with Gasteiger partial charge in [-0.2, -0.15) is 8.42 Å². The Morgan fingerprint density at radius 2 is 0.703 bits per heavy atom. The lowest BCUT2D eigenvalue weighted by Gasteiger charge is -2.33. The highest BCUT2D eigenvalue weighted by atomic mass is 32.2. The molecule has 4 heterocycles. The van der Waals surface area contributed by atoms with Crippen molar-refractivity contribution in [2.24, 2.45) is 0 Å². The number of aryl methyl sites for hydroxylation is 1. The summed E-state index contributed by atoms with van der Waals surface area (Å²) in [5.74, 6) is -6.25. The molecule has 6 aliphatic rings. The lowest BCUT2D eigenvalue weighted by Crippen LogP contribution is -2.43. The van der Waals surface area contributed by atoms with Crippen molar-refractivity contribution in [1.82, 2.24) is 0 Å². The zero-order valence-corrected chi connectivity index (χ0v) is 59.4. The second kappa shape index (κ2) is 23.8. The van der Waals surface area contributed by atoms with Gasteiger partial charge in [0.05, 0.1) is 22.7 Å². The van der Waals surface area contributed by atoms with Gasteiger partial charge in [-0.25, -0.2) is 19.6 Å². The van der Waals surface area contributed by atoms with E-state index >= 15 is 19.2 Å². The quantitative estimate of drug-likeness (QED) is 0.0558. The van der Waals surface area contributed by atoms with Crippen LogP contribution in [0.5, 0.6) is 0 Å². The molecule has 15 aromatic rings. The number of allylic oxidation sites excluding steroid dienone is 2. The molecular weight excluding hydrogens is 1410 g/mol. The predicted octanol–water partition coefficient (Wildman–Crippen LogP) is 19.2. The van der Waals surface area contributed by atoms with Gasteiger partial charge in [-0.1, -0.05) is 188 Å². The lowest BCUT2D eigenvalue weighted by atomic mass is 9.80. The van der Waals surface area contributed by atoms with Crippen molar-refractivity contribution >= 4 is 169 Å². The number of rotatable bonds is 11. The minimum absolute atomic E-state index is 0.0206. The summed E-state index contributed by atoms with van der Waals surface area (Å²) in [6, 6.07) is 80.9. The topological polar surface area (TPSA) is 204 Å². The van der Waals surface area contributed by atoms with Crippen LogP contribution in [-0.4, -0.2) is 60.2 Å². The molecule has 0 saturated heterocycles. The van der Waals surface area contributed by atoms with E-state index in [2.05, 4.69) is 66.7 Å². The predicted molar refractivity (Wildman–Crippen MR) is 431 cm³/mol. The molecule has 1 N–H and O–H groups in total. The number of nitrogens with zero attached hydrogens (tertiary/aromatic N) is 4. The van der Waals surface area contributed by atoms with Crippen LogP contribution in [0.15, 0.2) is 272 Å². The third-order valence-electron chi connectivity index (χ3n) is 23.0. The van der Waals surface area contributed by atoms with Crippen LogP contribution >= 0.6 is 0 Å². The number of hydrogen-bond acceptors (Lipinski definition) is 10. The van der Waals surface area contributed by atoms with Crippen LogP contribution in [0.2, 0.25) is 0 Å². The van der Waals surface area contributed by atoms with Crippen LogP contribution in [0, 0.1) is 6.92 Å². The van der Waals surface area contributed by atoms with Crippen LogP contribution in [0.1, 0.15) is 156 Å². The van der Waals surface area contributed by atoms with E-state index < -0.39 is 62.3 Å². The summed E-state index contributed by atoms with van der Waals surface area (Å²) in [5, 5.41) is 6.16. The van der Waals surface area contributed by atoms with Crippen molar-refractivity contribution in [3.8, 4) is 0 Å². The van der Waals surface area contributed by atoms with Crippen LogP contribution in [-0.2, 0) is 10.1 Å². The first-order valence-electron chi connectivity index (χ1n) is 36.1. The third kappa shape index (κ3) is 9.44. The molecular formula is C95H54N4O11S. The molecule has 2 atom stereocenters. The summed E-state index contributed by atoms with van der Waals surface area (Å²) in [6.45, 7) is 1.73. The van der Waals surface area contributed by atoms with Gasteiger partial charge in [-0.3, -0.25) is 42.9 Å². The highest BCUT2D eigenvalue weighted by Gasteiger charge is 2.45. The van der Waals surface area contributed by atoms with Crippen LogP contribution in [0.3, 0.4) is 0 Å². The SMILES string of the molecule is Cc1cc(N2C(=O)c3ccc4c5c(ccc(c35)C2=O)C(=O)N(c2cc(C3C(c5ccccc5)=Cc5ccccc53)cc(C3C(c5ccccc5)=Cc5ccccc53)c2)C4=O)ccc1/C=C/c1ccc(N2C(=O)c3ccc4c5c(ccc(c35)C2=O)C(=O)N(c2ccc3ccc5cccc6ccc2c3c56)C4=O)cc1S(=O)(=O)O. The van der Waals surface area contributed by atoms with E-state index in [0.29, 0.717) is 27.9 Å². The van der Waals surface area contributed by atoms with Crippen molar-refractivity contribution in [3.63, 3.8) is 0 Å². The maximum atomic E-state index is 15.6. The van der Waals surface area contributed by atoms with Crippen LogP contribution in [0.4, 0.5) is 22.7 Å². The zero-order chi connectivity index (χ0) is 75.3. The zero-order valence-electron chi connectivity index (χ0n) is 58.6. The van der Waals surface area contributed by atoms with Crippen LogP contribution < -0.4 is 19.6 Å². The first kappa shape index (κ1) is 64.9. The number of fused-ring (bicyclic) bond motifs is 2. The molecule has 2 aliphatic carbocycles. The fraction of sp³-hybridized carbons (Fsp3) is 0.0316. The summed E-state index contributed by atoms with van der Waals surface area (Å²) in [6.07, 6.45) is 7.40. The van der Waals surface area contributed by atoms with E-state index in [1.807, 2.05) is 121 Å². The summed E-state index contributed by atoms with van der Waals surface area (Å²) >= 11 is 0. The normalized spacial score (nSPS) is 16.4. The Morgan fingerprint density at radius 1 is 0.324 bits per heavy atom. The van der Waals surface area contributed by atoms with E-state index in [1.165, 1.54) is 59.5 Å². The Hall–Kier alpha value is -14.5. The Bertz CT molecular complexity index is 6880. The highest BCUT2D eigenvalue weighted by molar-refractivity contribution is 7.86. The van der Waals surface area contributed by atoms with Crippen LogP contribution in [0.25, 0.3) is 89.3 Å². The molecule has 15 aromatic carbocycles. The first-order valence-corrected chi connectivity index (χ1v) is 37.6. The average Bonchev–Trinajstić information content (AvgIpc) is 1.20. The fourth-order valence-electron chi connectivity index (χ4n) is 18.0. The number of carbonyl (C=O) groups excluding carboxylic acids is 8. The molecule has 21 rings (SSSR count). The van der Waals surface area contributed by atoms with Gasteiger partial charge in [0, 0.05) is 83.3 Å². The van der Waals surface area contributed by atoms with Crippen molar-refractivity contribution in [1.29, 1.82) is 0 Å². The number of carbonyl (C=O) groups is 8. The first-order chi connectivity index (χ1) is 53.9. The Kier molecular flexibility index (Phi) is 13.9. The monoisotopic (exact) mass is 1460 g/mol.